The smallest absolute Gasteiger partial charge is 0.00413 e. The van der Waals surface area contributed by atoms with E-state index in [0.717, 1.165) is 5.92 Å². The van der Waals surface area contributed by atoms with E-state index in [1.165, 1.54) is 38.5 Å². The highest BCUT2D eigenvalue weighted by Crippen LogP contribution is 2.17. The van der Waals surface area contributed by atoms with E-state index in [4.69, 9.17) is 5.73 Å². The molecule has 0 aliphatic heterocycles. The molecule has 2 N–H and O–H groups in total. The molecular formula is C11H25N. The van der Waals surface area contributed by atoms with Crippen molar-refractivity contribution in [2.45, 2.75) is 65.3 Å². The molecule has 0 aromatic carbocycles. The SMILES string of the molecule is CCCC(N)CC(CC)CCC. The van der Waals surface area contributed by atoms with Crippen molar-refractivity contribution in [3.63, 3.8) is 0 Å². The van der Waals surface area contributed by atoms with Crippen LogP contribution in [-0.2, 0) is 0 Å². The van der Waals surface area contributed by atoms with E-state index in [2.05, 4.69) is 20.8 Å². The minimum absolute atomic E-state index is 0.450. The molecule has 1 nitrogen and oxygen atoms in total. The summed E-state index contributed by atoms with van der Waals surface area (Å²) in [6.07, 6.45) is 7.61. The molecule has 0 aliphatic rings. The van der Waals surface area contributed by atoms with E-state index in [-0.39, 0.29) is 0 Å². The molecule has 0 heterocycles. The standard InChI is InChI=1S/C11H25N/c1-4-7-10(6-3)9-11(12)8-5-2/h10-11H,4-9,12H2,1-3H3. The lowest BCUT2D eigenvalue weighted by atomic mass is 9.92. The molecule has 12 heavy (non-hydrogen) atoms. The first-order chi connectivity index (χ1) is 5.74. The van der Waals surface area contributed by atoms with Crippen LogP contribution in [0.4, 0.5) is 0 Å². The summed E-state index contributed by atoms with van der Waals surface area (Å²) in [4.78, 5) is 0. The van der Waals surface area contributed by atoms with Gasteiger partial charge in [0.1, 0.15) is 0 Å². The van der Waals surface area contributed by atoms with Crippen LogP contribution in [-0.4, -0.2) is 6.04 Å². The molecular weight excluding hydrogens is 146 g/mol. The molecule has 0 amide bonds. The summed E-state index contributed by atoms with van der Waals surface area (Å²) in [5, 5.41) is 0. The van der Waals surface area contributed by atoms with Gasteiger partial charge in [-0.15, -0.1) is 0 Å². The van der Waals surface area contributed by atoms with Gasteiger partial charge in [0.05, 0.1) is 0 Å². The Hall–Kier alpha value is -0.0400. The molecule has 1 heteroatoms. The van der Waals surface area contributed by atoms with E-state index in [0.29, 0.717) is 6.04 Å². The molecule has 0 fully saturated rings. The molecule has 0 aromatic rings. The van der Waals surface area contributed by atoms with Gasteiger partial charge in [0.15, 0.2) is 0 Å². The Labute approximate surface area is 77.7 Å². The van der Waals surface area contributed by atoms with Gasteiger partial charge in [-0.05, 0) is 18.8 Å². The molecule has 2 atom stereocenters. The molecule has 74 valence electrons. The summed E-state index contributed by atoms with van der Waals surface area (Å²) < 4.78 is 0. The first-order valence-corrected chi connectivity index (χ1v) is 5.50. The zero-order valence-corrected chi connectivity index (χ0v) is 8.97. The molecule has 0 aliphatic carbocycles. The van der Waals surface area contributed by atoms with Crippen molar-refractivity contribution >= 4 is 0 Å². The molecule has 0 saturated heterocycles. The second kappa shape index (κ2) is 7.60. The quantitative estimate of drug-likeness (QED) is 0.624. The van der Waals surface area contributed by atoms with E-state index >= 15 is 0 Å². The summed E-state index contributed by atoms with van der Waals surface area (Å²) in [6, 6.07) is 0.450. The van der Waals surface area contributed by atoms with Gasteiger partial charge in [-0.3, -0.25) is 0 Å². The number of nitrogens with two attached hydrogens (primary N) is 1. The topological polar surface area (TPSA) is 26.0 Å². The largest absolute Gasteiger partial charge is 0.328 e. The third-order valence-corrected chi connectivity index (χ3v) is 2.57. The zero-order chi connectivity index (χ0) is 9.40. The summed E-state index contributed by atoms with van der Waals surface area (Å²) >= 11 is 0. The fraction of sp³-hybridized carbons (Fsp3) is 1.00. The maximum absolute atomic E-state index is 5.99. The van der Waals surface area contributed by atoms with Gasteiger partial charge in [0, 0.05) is 6.04 Å². The van der Waals surface area contributed by atoms with Crippen LogP contribution in [0.5, 0.6) is 0 Å². The third kappa shape index (κ3) is 5.59. The maximum Gasteiger partial charge on any atom is 0.00413 e. The second-order valence-corrected chi connectivity index (χ2v) is 3.85. The van der Waals surface area contributed by atoms with Crippen molar-refractivity contribution in [3.05, 3.63) is 0 Å². The average Bonchev–Trinajstić information content (AvgIpc) is 2.04. The van der Waals surface area contributed by atoms with Crippen LogP contribution < -0.4 is 5.73 Å². The van der Waals surface area contributed by atoms with Crippen molar-refractivity contribution < 1.29 is 0 Å². The number of rotatable bonds is 7. The molecule has 0 aromatic heterocycles. The fourth-order valence-corrected chi connectivity index (χ4v) is 1.81. The van der Waals surface area contributed by atoms with Crippen LogP contribution in [0.1, 0.15) is 59.3 Å². The van der Waals surface area contributed by atoms with Gasteiger partial charge in [-0.2, -0.15) is 0 Å². The Balaban J connectivity index is 3.53. The average molecular weight is 171 g/mol. The highest BCUT2D eigenvalue weighted by atomic mass is 14.6. The lowest BCUT2D eigenvalue weighted by molar-refractivity contribution is 0.380. The van der Waals surface area contributed by atoms with Crippen LogP contribution in [0.15, 0.2) is 0 Å². The number of hydrogen-bond donors (Lipinski definition) is 1. The fourth-order valence-electron chi connectivity index (χ4n) is 1.81. The van der Waals surface area contributed by atoms with E-state index in [1.54, 1.807) is 0 Å². The summed E-state index contributed by atoms with van der Waals surface area (Å²) in [6.45, 7) is 6.74. The van der Waals surface area contributed by atoms with Crippen LogP contribution in [0, 0.1) is 5.92 Å². The molecule has 0 spiro atoms. The first kappa shape index (κ1) is 12.0. The van der Waals surface area contributed by atoms with Gasteiger partial charge in [0.25, 0.3) is 0 Å². The Morgan fingerprint density at radius 3 is 2.00 bits per heavy atom. The zero-order valence-electron chi connectivity index (χ0n) is 8.97. The highest BCUT2D eigenvalue weighted by molar-refractivity contribution is 4.66. The Bertz CT molecular complexity index is 91.0. The Morgan fingerprint density at radius 1 is 1.00 bits per heavy atom. The second-order valence-electron chi connectivity index (χ2n) is 3.85. The lowest BCUT2D eigenvalue weighted by Gasteiger charge is -2.18. The van der Waals surface area contributed by atoms with E-state index in [9.17, 15) is 0 Å². The monoisotopic (exact) mass is 171 g/mol. The Kier molecular flexibility index (Phi) is 7.58. The van der Waals surface area contributed by atoms with E-state index < -0.39 is 0 Å². The summed E-state index contributed by atoms with van der Waals surface area (Å²) in [7, 11) is 0. The van der Waals surface area contributed by atoms with Gasteiger partial charge in [0.2, 0.25) is 0 Å². The van der Waals surface area contributed by atoms with Crippen LogP contribution in [0.3, 0.4) is 0 Å². The third-order valence-electron chi connectivity index (χ3n) is 2.57. The normalized spacial score (nSPS) is 16.0. The molecule has 0 bridgehead atoms. The van der Waals surface area contributed by atoms with Gasteiger partial charge >= 0.3 is 0 Å². The highest BCUT2D eigenvalue weighted by Gasteiger charge is 2.09. The first-order valence-electron chi connectivity index (χ1n) is 5.50. The Morgan fingerprint density at radius 2 is 1.58 bits per heavy atom. The molecule has 0 rings (SSSR count). The van der Waals surface area contributed by atoms with Crippen LogP contribution in [0.25, 0.3) is 0 Å². The van der Waals surface area contributed by atoms with Gasteiger partial charge in [-0.25, -0.2) is 0 Å². The number of hydrogen-bond acceptors (Lipinski definition) is 1. The maximum atomic E-state index is 5.99. The van der Waals surface area contributed by atoms with Crippen molar-refractivity contribution in [2.75, 3.05) is 0 Å². The predicted molar refractivity (Wildman–Crippen MR) is 56.2 cm³/mol. The predicted octanol–water partition coefficient (Wildman–Crippen LogP) is 3.33. The van der Waals surface area contributed by atoms with Crippen molar-refractivity contribution in [1.29, 1.82) is 0 Å². The van der Waals surface area contributed by atoms with Crippen LogP contribution in [0.2, 0.25) is 0 Å². The minimum atomic E-state index is 0.450. The summed E-state index contributed by atoms with van der Waals surface area (Å²) in [5.74, 6) is 0.872. The molecule has 0 radical (unpaired) electrons. The molecule has 2 unspecified atom stereocenters. The lowest BCUT2D eigenvalue weighted by Crippen LogP contribution is -2.23. The van der Waals surface area contributed by atoms with Crippen molar-refractivity contribution in [3.8, 4) is 0 Å². The van der Waals surface area contributed by atoms with Crippen molar-refractivity contribution in [2.24, 2.45) is 11.7 Å². The van der Waals surface area contributed by atoms with Crippen LogP contribution >= 0.6 is 0 Å². The van der Waals surface area contributed by atoms with Crippen molar-refractivity contribution in [1.82, 2.24) is 0 Å². The summed E-state index contributed by atoms with van der Waals surface area (Å²) in [5.41, 5.74) is 5.99. The van der Waals surface area contributed by atoms with Gasteiger partial charge in [-0.1, -0.05) is 46.5 Å². The molecule has 0 saturated carbocycles. The van der Waals surface area contributed by atoms with E-state index in [1.807, 2.05) is 0 Å². The van der Waals surface area contributed by atoms with Gasteiger partial charge < -0.3 is 5.73 Å². The minimum Gasteiger partial charge on any atom is -0.328 e.